The van der Waals surface area contributed by atoms with Gasteiger partial charge in [-0.1, -0.05) is 34.1 Å². The molecule has 3 nitrogen and oxygen atoms in total. The van der Waals surface area contributed by atoms with Crippen LogP contribution in [-0.2, 0) is 0 Å². The van der Waals surface area contributed by atoms with E-state index in [9.17, 15) is 0 Å². The molecule has 0 aliphatic carbocycles. The highest BCUT2D eigenvalue weighted by molar-refractivity contribution is 9.10. The van der Waals surface area contributed by atoms with E-state index in [2.05, 4.69) is 21.2 Å². The van der Waals surface area contributed by atoms with Crippen molar-refractivity contribution in [2.45, 2.75) is 19.0 Å². The van der Waals surface area contributed by atoms with Crippen LogP contribution in [0.3, 0.4) is 0 Å². The summed E-state index contributed by atoms with van der Waals surface area (Å²) in [5, 5.41) is 21.1. The molecule has 0 saturated carbocycles. The summed E-state index contributed by atoms with van der Waals surface area (Å²) in [4.78, 5) is 0. The Bertz CT molecular complexity index is 302. The largest absolute Gasteiger partial charge is 0.395 e. The molecule has 0 saturated heterocycles. The highest BCUT2D eigenvalue weighted by Crippen LogP contribution is 2.22. The number of rotatable bonds is 5. The standard InChI is InChI=1S/C11H16BrNO2/c1-8(13-9(6-14)7-15)10-4-2-3-5-11(10)12/h2-5,8-9,13-15H,6-7H2,1H3/t8-/m0/s1. The highest BCUT2D eigenvalue weighted by Gasteiger charge is 2.13. The van der Waals surface area contributed by atoms with Crippen LogP contribution in [0.5, 0.6) is 0 Å². The molecule has 0 amide bonds. The molecule has 15 heavy (non-hydrogen) atoms. The fourth-order valence-corrected chi connectivity index (χ4v) is 2.06. The average Bonchev–Trinajstić information content (AvgIpc) is 2.26. The van der Waals surface area contributed by atoms with Crippen LogP contribution in [0.2, 0.25) is 0 Å². The minimum atomic E-state index is -0.271. The van der Waals surface area contributed by atoms with E-state index in [0.717, 1.165) is 10.0 Å². The summed E-state index contributed by atoms with van der Waals surface area (Å²) in [6.07, 6.45) is 0. The quantitative estimate of drug-likeness (QED) is 0.761. The number of aliphatic hydroxyl groups is 2. The highest BCUT2D eigenvalue weighted by atomic mass is 79.9. The van der Waals surface area contributed by atoms with E-state index in [0.29, 0.717) is 0 Å². The van der Waals surface area contributed by atoms with Gasteiger partial charge in [-0.15, -0.1) is 0 Å². The Morgan fingerprint density at radius 2 is 1.87 bits per heavy atom. The molecule has 3 N–H and O–H groups in total. The molecular weight excluding hydrogens is 258 g/mol. The summed E-state index contributed by atoms with van der Waals surface area (Å²) in [7, 11) is 0. The first kappa shape index (κ1) is 12.6. The van der Waals surface area contributed by atoms with Gasteiger partial charge in [0, 0.05) is 10.5 Å². The monoisotopic (exact) mass is 273 g/mol. The van der Waals surface area contributed by atoms with Gasteiger partial charge in [-0.3, -0.25) is 0 Å². The van der Waals surface area contributed by atoms with Crippen molar-refractivity contribution in [1.29, 1.82) is 0 Å². The van der Waals surface area contributed by atoms with Crippen LogP contribution in [0, 0.1) is 0 Å². The van der Waals surface area contributed by atoms with Crippen molar-refractivity contribution in [3.8, 4) is 0 Å². The summed E-state index contributed by atoms with van der Waals surface area (Å²) in [6, 6.07) is 7.71. The Hall–Kier alpha value is -0.420. The minimum absolute atomic E-state index is 0.0642. The number of halogens is 1. The maximum atomic E-state index is 8.96. The first-order valence-corrected chi connectivity index (χ1v) is 5.70. The Labute approximate surface area is 98.3 Å². The van der Waals surface area contributed by atoms with Gasteiger partial charge in [0.1, 0.15) is 0 Å². The van der Waals surface area contributed by atoms with E-state index in [1.807, 2.05) is 31.2 Å². The molecule has 1 rings (SSSR count). The average molecular weight is 274 g/mol. The lowest BCUT2D eigenvalue weighted by Crippen LogP contribution is -2.37. The molecule has 0 spiro atoms. The van der Waals surface area contributed by atoms with Gasteiger partial charge in [-0.2, -0.15) is 0 Å². The predicted molar refractivity (Wildman–Crippen MR) is 63.7 cm³/mol. The molecule has 0 aromatic heterocycles. The fraction of sp³-hybridized carbons (Fsp3) is 0.455. The SMILES string of the molecule is C[C@H](NC(CO)CO)c1ccccc1Br. The molecule has 0 bridgehead atoms. The molecule has 1 atom stereocenters. The molecule has 4 heteroatoms. The van der Waals surface area contributed by atoms with Crippen molar-refractivity contribution in [3.63, 3.8) is 0 Å². The number of nitrogens with one attached hydrogen (secondary N) is 1. The third kappa shape index (κ3) is 3.57. The summed E-state index contributed by atoms with van der Waals surface area (Å²) in [6.45, 7) is 1.87. The van der Waals surface area contributed by atoms with Gasteiger partial charge in [0.25, 0.3) is 0 Å². The molecule has 1 aromatic rings. The van der Waals surface area contributed by atoms with E-state index >= 15 is 0 Å². The smallest absolute Gasteiger partial charge is 0.0607 e. The topological polar surface area (TPSA) is 52.5 Å². The number of aliphatic hydroxyl groups excluding tert-OH is 2. The first-order valence-electron chi connectivity index (χ1n) is 4.91. The molecule has 0 aliphatic rings. The van der Waals surface area contributed by atoms with E-state index in [1.54, 1.807) is 0 Å². The summed E-state index contributed by atoms with van der Waals surface area (Å²) in [5.41, 5.74) is 1.12. The third-order valence-corrected chi connectivity index (χ3v) is 3.02. The lowest BCUT2D eigenvalue weighted by molar-refractivity contribution is 0.163. The maximum Gasteiger partial charge on any atom is 0.0607 e. The summed E-state index contributed by atoms with van der Waals surface area (Å²) >= 11 is 3.47. The Balaban J connectivity index is 2.68. The van der Waals surface area contributed by atoms with Crippen molar-refractivity contribution in [1.82, 2.24) is 5.32 Å². The summed E-state index contributed by atoms with van der Waals surface area (Å²) in [5.74, 6) is 0. The van der Waals surface area contributed by atoms with Crippen LogP contribution in [0.1, 0.15) is 18.5 Å². The predicted octanol–water partition coefficient (Wildman–Crippen LogP) is 1.45. The second-order valence-corrected chi connectivity index (χ2v) is 4.33. The lowest BCUT2D eigenvalue weighted by atomic mass is 10.1. The van der Waals surface area contributed by atoms with Crippen molar-refractivity contribution in [2.24, 2.45) is 0 Å². The van der Waals surface area contributed by atoms with Gasteiger partial charge in [0.05, 0.1) is 19.3 Å². The molecule has 1 aromatic carbocycles. The van der Waals surface area contributed by atoms with Gasteiger partial charge in [0.15, 0.2) is 0 Å². The van der Waals surface area contributed by atoms with Gasteiger partial charge in [0.2, 0.25) is 0 Å². The fourth-order valence-electron chi connectivity index (χ4n) is 1.43. The summed E-state index contributed by atoms with van der Waals surface area (Å²) < 4.78 is 1.03. The zero-order chi connectivity index (χ0) is 11.3. The Morgan fingerprint density at radius 1 is 1.27 bits per heavy atom. The van der Waals surface area contributed by atoms with Crippen LogP contribution in [0.25, 0.3) is 0 Å². The van der Waals surface area contributed by atoms with Gasteiger partial charge in [-0.25, -0.2) is 0 Å². The second kappa shape index (κ2) is 6.23. The minimum Gasteiger partial charge on any atom is -0.395 e. The second-order valence-electron chi connectivity index (χ2n) is 3.47. The molecule has 0 aliphatic heterocycles. The number of hydrogen-bond donors (Lipinski definition) is 3. The molecule has 0 radical (unpaired) electrons. The van der Waals surface area contributed by atoms with Crippen LogP contribution in [0.15, 0.2) is 28.7 Å². The first-order chi connectivity index (χ1) is 7.19. The molecule has 0 heterocycles. The van der Waals surface area contributed by atoms with Gasteiger partial charge in [-0.05, 0) is 18.6 Å². The van der Waals surface area contributed by atoms with Crippen molar-refractivity contribution in [2.75, 3.05) is 13.2 Å². The Kier molecular flexibility index (Phi) is 5.25. The van der Waals surface area contributed by atoms with Crippen LogP contribution < -0.4 is 5.32 Å². The molecular formula is C11H16BrNO2. The van der Waals surface area contributed by atoms with E-state index in [1.165, 1.54) is 0 Å². The molecule has 0 unspecified atom stereocenters. The molecule has 84 valence electrons. The van der Waals surface area contributed by atoms with Crippen LogP contribution >= 0.6 is 15.9 Å². The number of hydrogen-bond acceptors (Lipinski definition) is 3. The van der Waals surface area contributed by atoms with Crippen LogP contribution in [-0.4, -0.2) is 29.5 Å². The number of benzene rings is 1. The molecule has 0 fully saturated rings. The van der Waals surface area contributed by atoms with Crippen LogP contribution in [0.4, 0.5) is 0 Å². The lowest BCUT2D eigenvalue weighted by Gasteiger charge is -2.21. The zero-order valence-electron chi connectivity index (χ0n) is 8.65. The Morgan fingerprint density at radius 3 is 2.40 bits per heavy atom. The third-order valence-electron chi connectivity index (χ3n) is 2.30. The van der Waals surface area contributed by atoms with Crippen molar-refractivity contribution >= 4 is 15.9 Å². The van der Waals surface area contributed by atoms with E-state index in [-0.39, 0.29) is 25.3 Å². The van der Waals surface area contributed by atoms with Gasteiger partial charge >= 0.3 is 0 Å². The normalized spacial score (nSPS) is 13.1. The zero-order valence-corrected chi connectivity index (χ0v) is 10.2. The van der Waals surface area contributed by atoms with E-state index < -0.39 is 0 Å². The van der Waals surface area contributed by atoms with Crippen molar-refractivity contribution < 1.29 is 10.2 Å². The van der Waals surface area contributed by atoms with Crippen molar-refractivity contribution in [3.05, 3.63) is 34.3 Å². The van der Waals surface area contributed by atoms with E-state index in [4.69, 9.17) is 10.2 Å². The maximum absolute atomic E-state index is 8.96. The van der Waals surface area contributed by atoms with Gasteiger partial charge < -0.3 is 15.5 Å².